The highest BCUT2D eigenvalue weighted by Gasteiger charge is 2.24. The predicted molar refractivity (Wildman–Crippen MR) is 104 cm³/mol. The van der Waals surface area contributed by atoms with Crippen molar-refractivity contribution in [3.63, 3.8) is 0 Å². The zero-order chi connectivity index (χ0) is 19.3. The lowest BCUT2D eigenvalue weighted by molar-refractivity contribution is -0.122. The van der Waals surface area contributed by atoms with Crippen LogP contribution in [0, 0.1) is 5.92 Å². The van der Waals surface area contributed by atoms with Crippen LogP contribution in [-0.2, 0) is 11.3 Å². The molecule has 0 bridgehead atoms. The molecule has 1 N–H and O–H groups in total. The summed E-state index contributed by atoms with van der Waals surface area (Å²) in [6.07, 6.45) is 2.52. The Morgan fingerprint density at radius 2 is 1.89 bits per heavy atom. The van der Waals surface area contributed by atoms with Crippen LogP contribution in [0.2, 0.25) is 0 Å². The van der Waals surface area contributed by atoms with E-state index in [2.05, 4.69) is 25.3 Å². The Kier molecular flexibility index (Phi) is 5.87. The Bertz CT molecular complexity index is 779. The second-order valence-electron chi connectivity index (χ2n) is 7.54. The van der Waals surface area contributed by atoms with Gasteiger partial charge in [-0.1, -0.05) is 5.16 Å². The number of amides is 1. The van der Waals surface area contributed by atoms with Crippen molar-refractivity contribution in [2.24, 2.45) is 5.92 Å². The summed E-state index contributed by atoms with van der Waals surface area (Å²) < 4.78 is 10.6. The minimum absolute atomic E-state index is 0.140. The highest BCUT2D eigenvalue weighted by atomic mass is 16.5. The van der Waals surface area contributed by atoms with E-state index in [0.29, 0.717) is 24.8 Å². The van der Waals surface area contributed by atoms with Gasteiger partial charge in [-0.05, 0) is 43.0 Å². The summed E-state index contributed by atoms with van der Waals surface area (Å²) in [5, 5.41) is 7.12. The van der Waals surface area contributed by atoms with Crippen molar-refractivity contribution in [1.82, 2.24) is 25.3 Å². The third-order valence-corrected chi connectivity index (χ3v) is 5.29. The van der Waals surface area contributed by atoms with Gasteiger partial charge in [0.25, 0.3) is 0 Å². The van der Waals surface area contributed by atoms with E-state index in [1.807, 2.05) is 24.3 Å². The summed E-state index contributed by atoms with van der Waals surface area (Å²) in [5.41, 5.74) is 0.901. The van der Waals surface area contributed by atoms with Gasteiger partial charge in [0.2, 0.25) is 17.6 Å². The minimum atomic E-state index is 0.140. The molecule has 1 aliphatic heterocycles. The van der Waals surface area contributed by atoms with E-state index in [1.165, 1.54) is 12.8 Å². The molecule has 1 saturated heterocycles. The zero-order valence-corrected chi connectivity index (χ0v) is 16.3. The molecule has 2 aromatic rings. The van der Waals surface area contributed by atoms with Crippen molar-refractivity contribution in [3.05, 3.63) is 30.2 Å². The Hall–Kier alpha value is -2.45. The standard InChI is InChI=1S/C20H27N5O3/c1-27-17-6-4-16(5-7-17)20-22-19(28-23-20)14-25-10-8-24(9-11-25)13-18(26)21-12-15-2-3-15/h4-7,15H,2-3,8-14H2,1H3,(H,21,26). The number of carbonyl (C=O) groups excluding carboxylic acids is 1. The molecule has 0 spiro atoms. The summed E-state index contributed by atoms with van der Waals surface area (Å²) >= 11 is 0. The van der Waals surface area contributed by atoms with E-state index in [1.54, 1.807) is 7.11 Å². The Morgan fingerprint density at radius 1 is 1.18 bits per heavy atom. The van der Waals surface area contributed by atoms with E-state index in [9.17, 15) is 4.79 Å². The highest BCUT2D eigenvalue weighted by Crippen LogP contribution is 2.27. The van der Waals surface area contributed by atoms with Crippen LogP contribution in [0.5, 0.6) is 5.75 Å². The smallest absolute Gasteiger partial charge is 0.241 e. The molecule has 2 fully saturated rings. The fourth-order valence-corrected chi connectivity index (χ4v) is 3.31. The number of benzene rings is 1. The fraction of sp³-hybridized carbons (Fsp3) is 0.550. The molecule has 1 saturated carbocycles. The average molecular weight is 385 g/mol. The van der Waals surface area contributed by atoms with Crippen LogP contribution >= 0.6 is 0 Å². The quantitative estimate of drug-likeness (QED) is 0.735. The van der Waals surface area contributed by atoms with E-state index < -0.39 is 0 Å². The molecule has 8 nitrogen and oxygen atoms in total. The first-order valence-electron chi connectivity index (χ1n) is 9.88. The monoisotopic (exact) mass is 385 g/mol. The lowest BCUT2D eigenvalue weighted by Crippen LogP contribution is -2.49. The normalized spacial score (nSPS) is 18.2. The molecule has 1 aromatic heterocycles. The molecule has 2 heterocycles. The molecular weight excluding hydrogens is 358 g/mol. The maximum atomic E-state index is 12.0. The average Bonchev–Trinajstić information content (AvgIpc) is 3.45. The molecule has 150 valence electrons. The number of rotatable bonds is 8. The SMILES string of the molecule is COc1ccc(-c2noc(CN3CCN(CC(=O)NCC4CC4)CC3)n2)cc1. The van der Waals surface area contributed by atoms with Gasteiger partial charge in [-0.15, -0.1) is 0 Å². The molecule has 1 aliphatic carbocycles. The molecule has 1 amide bonds. The van der Waals surface area contributed by atoms with Crippen molar-refractivity contribution in [3.8, 4) is 17.1 Å². The maximum absolute atomic E-state index is 12.0. The van der Waals surface area contributed by atoms with Gasteiger partial charge in [-0.25, -0.2) is 0 Å². The van der Waals surface area contributed by atoms with Crippen molar-refractivity contribution in [2.75, 3.05) is 46.4 Å². The Labute approximate surface area is 164 Å². The van der Waals surface area contributed by atoms with Crippen LogP contribution in [-0.4, -0.2) is 72.2 Å². The fourth-order valence-electron chi connectivity index (χ4n) is 3.31. The summed E-state index contributed by atoms with van der Waals surface area (Å²) in [4.78, 5) is 21.0. The topological polar surface area (TPSA) is 83.7 Å². The number of ether oxygens (including phenoxy) is 1. The van der Waals surface area contributed by atoms with Crippen LogP contribution < -0.4 is 10.1 Å². The Morgan fingerprint density at radius 3 is 2.57 bits per heavy atom. The van der Waals surface area contributed by atoms with E-state index in [0.717, 1.165) is 50.0 Å². The van der Waals surface area contributed by atoms with Gasteiger partial charge in [0.15, 0.2) is 0 Å². The molecule has 8 heteroatoms. The van der Waals surface area contributed by atoms with Crippen molar-refractivity contribution in [2.45, 2.75) is 19.4 Å². The molecule has 4 rings (SSSR count). The zero-order valence-electron chi connectivity index (χ0n) is 16.3. The van der Waals surface area contributed by atoms with Gasteiger partial charge in [0.05, 0.1) is 20.2 Å². The molecule has 1 aromatic carbocycles. The second kappa shape index (κ2) is 8.70. The number of piperazine rings is 1. The maximum Gasteiger partial charge on any atom is 0.241 e. The summed E-state index contributed by atoms with van der Waals surface area (Å²) in [7, 11) is 1.64. The van der Waals surface area contributed by atoms with Crippen LogP contribution in [0.3, 0.4) is 0 Å². The minimum Gasteiger partial charge on any atom is -0.497 e. The molecule has 28 heavy (non-hydrogen) atoms. The van der Waals surface area contributed by atoms with Crippen LogP contribution in [0.4, 0.5) is 0 Å². The van der Waals surface area contributed by atoms with Gasteiger partial charge in [-0.2, -0.15) is 4.98 Å². The van der Waals surface area contributed by atoms with E-state index in [4.69, 9.17) is 9.26 Å². The van der Waals surface area contributed by atoms with E-state index >= 15 is 0 Å². The van der Waals surface area contributed by atoms with Crippen LogP contribution in [0.15, 0.2) is 28.8 Å². The molecular formula is C20H27N5O3. The lowest BCUT2D eigenvalue weighted by atomic mass is 10.2. The van der Waals surface area contributed by atoms with Crippen LogP contribution in [0.25, 0.3) is 11.4 Å². The first-order chi connectivity index (χ1) is 13.7. The number of nitrogens with zero attached hydrogens (tertiary/aromatic N) is 4. The molecule has 2 aliphatic rings. The first kappa shape index (κ1) is 18.9. The molecule has 0 radical (unpaired) electrons. The van der Waals surface area contributed by atoms with Crippen LogP contribution in [0.1, 0.15) is 18.7 Å². The van der Waals surface area contributed by atoms with Crippen molar-refractivity contribution >= 4 is 5.91 Å². The Balaban J connectivity index is 1.22. The van der Waals surface area contributed by atoms with Gasteiger partial charge < -0.3 is 14.6 Å². The number of nitrogens with one attached hydrogen (secondary N) is 1. The summed E-state index contributed by atoms with van der Waals surface area (Å²) in [6.45, 7) is 5.47. The number of hydrogen-bond donors (Lipinski definition) is 1. The van der Waals surface area contributed by atoms with Gasteiger partial charge in [0.1, 0.15) is 5.75 Å². The predicted octanol–water partition coefficient (Wildman–Crippen LogP) is 1.39. The number of methoxy groups -OCH3 is 1. The second-order valence-corrected chi connectivity index (χ2v) is 7.54. The summed E-state index contributed by atoms with van der Waals surface area (Å²) in [5.74, 6) is 2.86. The number of carbonyl (C=O) groups is 1. The molecule has 0 unspecified atom stereocenters. The van der Waals surface area contributed by atoms with Gasteiger partial charge >= 0.3 is 0 Å². The van der Waals surface area contributed by atoms with Crippen molar-refractivity contribution in [1.29, 1.82) is 0 Å². The highest BCUT2D eigenvalue weighted by molar-refractivity contribution is 5.78. The first-order valence-corrected chi connectivity index (χ1v) is 9.88. The van der Waals surface area contributed by atoms with E-state index in [-0.39, 0.29) is 5.91 Å². The lowest BCUT2D eigenvalue weighted by Gasteiger charge is -2.33. The van der Waals surface area contributed by atoms with Gasteiger partial charge in [0, 0.05) is 38.3 Å². The largest absolute Gasteiger partial charge is 0.497 e. The third-order valence-electron chi connectivity index (χ3n) is 5.29. The van der Waals surface area contributed by atoms with Crippen molar-refractivity contribution < 1.29 is 14.1 Å². The number of hydrogen-bond acceptors (Lipinski definition) is 7. The summed E-state index contributed by atoms with van der Waals surface area (Å²) in [6, 6.07) is 7.60. The third kappa shape index (κ3) is 5.08. The molecule has 0 atom stereocenters. The van der Waals surface area contributed by atoms with Gasteiger partial charge in [-0.3, -0.25) is 14.6 Å². The number of aromatic nitrogens is 2.